The van der Waals surface area contributed by atoms with Gasteiger partial charge in [-0.15, -0.1) is 0 Å². The number of aliphatic hydroxyl groups is 1. The molecule has 168 valence electrons. The van der Waals surface area contributed by atoms with E-state index >= 15 is 0 Å². The van der Waals surface area contributed by atoms with Crippen LogP contribution in [0, 0.1) is 34.5 Å². The normalized spacial score (nSPS) is 40.9. The Morgan fingerprint density at radius 1 is 1.26 bits per heavy atom. The van der Waals surface area contributed by atoms with Crippen LogP contribution in [-0.2, 0) is 23.9 Å². The maximum atomic E-state index is 13.0. The first-order valence-corrected chi connectivity index (χ1v) is 11.4. The molecule has 0 saturated heterocycles. The smallest absolute Gasteiger partial charge is 0.306 e. The number of aliphatic hydroxyl groups excluding tert-OH is 1. The molecule has 3 fully saturated rings. The fraction of sp³-hybridized carbons (Fsp3) is 0.680. The lowest BCUT2D eigenvalue weighted by molar-refractivity contribution is -0.153. The molecule has 0 aromatic rings. The second-order valence-electron chi connectivity index (χ2n) is 10.3. The molecule has 4 rings (SSSR count). The van der Waals surface area contributed by atoms with Gasteiger partial charge in [0.2, 0.25) is 0 Å². The van der Waals surface area contributed by atoms with Gasteiger partial charge in [0.05, 0.1) is 12.5 Å². The van der Waals surface area contributed by atoms with Crippen LogP contribution >= 0.6 is 0 Å². The quantitative estimate of drug-likeness (QED) is 0.516. The van der Waals surface area contributed by atoms with Crippen molar-refractivity contribution in [2.24, 2.45) is 34.5 Å². The Kier molecular flexibility index (Phi) is 5.80. The predicted octanol–water partition coefficient (Wildman–Crippen LogP) is 2.97. The minimum absolute atomic E-state index is 0.00569. The summed E-state index contributed by atoms with van der Waals surface area (Å²) in [6.45, 7) is 4.00. The lowest BCUT2D eigenvalue weighted by atomic mass is 9.46. The third-order valence-corrected chi connectivity index (χ3v) is 8.72. The van der Waals surface area contributed by atoms with Crippen molar-refractivity contribution in [1.29, 1.82) is 0 Å². The second kappa shape index (κ2) is 8.12. The summed E-state index contributed by atoms with van der Waals surface area (Å²) in [4.78, 5) is 47.0. The lowest BCUT2D eigenvalue weighted by Gasteiger charge is -2.58. The molecular weight excluding hydrogens is 396 g/mol. The highest BCUT2D eigenvalue weighted by atomic mass is 16.5. The summed E-state index contributed by atoms with van der Waals surface area (Å²) >= 11 is 0. The van der Waals surface area contributed by atoms with Gasteiger partial charge in [0, 0.05) is 23.7 Å². The molecule has 7 atom stereocenters. The van der Waals surface area contributed by atoms with Crippen molar-refractivity contribution in [3.05, 3.63) is 23.8 Å². The van der Waals surface area contributed by atoms with Gasteiger partial charge in [0.1, 0.15) is 12.9 Å². The topological polar surface area (TPSA) is 97.7 Å². The highest BCUT2D eigenvalue weighted by molar-refractivity contribution is 6.01. The molecule has 0 aromatic heterocycles. The van der Waals surface area contributed by atoms with Crippen molar-refractivity contribution >= 4 is 23.8 Å². The molecule has 6 nitrogen and oxygen atoms in total. The van der Waals surface area contributed by atoms with E-state index in [4.69, 9.17) is 4.74 Å². The van der Waals surface area contributed by atoms with E-state index in [1.807, 2.05) is 6.08 Å². The number of Topliss-reactive ketones (excluding diaryl/α,β-unsaturated/α-hetero) is 1. The Morgan fingerprint density at radius 2 is 2.03 bits per heavy atom. The summed E-state index contributed by atoms with van der Waals surface area (Å²) in [5.41, 5.74) is 0.489. The number of ether oxygens (including phenoxy) is 1. The Bertz CT molecular complexity index is 856. The number of hydrogen-bond donors (Lipinski definition) is 1. The number of carbonyl (C=O) groups excluding carboxylic acids is 4. The first-order chi connectivity index (χ1) is 14.7. The number of rotatable bonds is 6. The summed E-state index contributed by atoms with van der Waals surface area (Å²) in [6, 6.07) is 0. The van der Waals surface area contributed by atoms with Gasteiger partial charge in [0.25, 0.3) is 0 Å². The van der Waals surface area contributed by atoms with E-state index in [2.05, 4.69) is 13.8 Å². The van der Waals surface area contributed by atoms with E-state index in [1.54, 1.807) is 12.2 Å². The molecule has 0 amide bonds. The number of aldehydes is 1. The van der Waals surface area contributed by atoms with Gasteiger partial charge >= 0.3 is 5.97 Å². The minimum atomic E-state index is -0.554. The summed E-state index contributed by atoms with van der Waals surface area (Å²) in [5, 5.41) is 11.3. The average Bonchev–Trinajstić information content (AvgIpc) is 3.07. The molecule has 3 saturated carbocycles. The zero-order valence-corrected chi connectivity index (χ0v) is 18.3. The van der Waals surface area contributed by atoms with Crippen LogP contribution in [-0.4, -0.2) is 41.6 Å². The van der Waals surface area contributed by atoms with Gasteiger partial charge in [-0.3, -0.25) is 14.4 Å². The molecule has 1 N–H and O–H groups in total. The van der Waals surface area contributed by atoms with Gasteiger partial charge in [-0.1, -0.05) is 25.5 Å². The van der Waals surface area contributed by atoms with Gasteiger partial charge in [-0.2, -0.15) is 0 Å². The van der Waals surface area contributed by atoms with Gasteiger partial charge in [-0.05, 0) is 61.5 Å². The van der Waals surface area contributed by atoms with Crippen molar-refractivity contribution in [2.45, 2.75) is 64.9 Å². The molecule has 0 radical (unpaired) electrons. The van der Waals surface area contributed by atoms with E-state index < -0.39 is 12.1 Å². The summed E-state index contributed by atoms with van der Waals surface area (Å²) in [7, 11) is 0. The van der Waals surface area contributed by atoms with E-state index in [0.29, 0.717) is 24.5 Å². The molecule has 4 aliphatic carbocycles. The van der Waals surface area contributed by atoms with Crippen molar-refractivity contribution < 1.29 is 29.0 Å². The van der Waals surface area contributed by atoms with Gasteiger partial charge in [-0.25, -0.2) is 0 Å². The molecule has 0 heterocycles. The predicted molar refractivity (Wildman–Crippen MR) is 113 cm³/mol. The average molecular weight is 429 g/mol. The molecule has 6 heteroatoms. The second-order valence-corrected chi connectivity index (χ2v) is 10.3. The Labute approximate surface area is 183 Å². The number of esters is 1. The molecule has 0 aromatic carbocycles. The standard InChI is InChI=1S/C25H32O6/c1-24-10-9-16(27)12-15(24)5-6-17-18-7-8-19(25(18,2)13-20(28)23(17)24)21(29)14-31-22(30)4-3-11-26/h9-12,17-20,23,28H,3-8,13-14H2,1-2H3. The van der Waals surface area contributed by atoms with Crippen molar-refractivity contribution in [3.63, 3.8) is 0 Å². The van der Waals surface area contributed by atoms with Gasteiger partial charge < -0.3 is 14.6 Å². The van der Waals surface area contributed by atoms with Crippen molar-refractivity contribution in [2.75, 3.05) is 6.61 Å². The molecule has 31 heavy (non-hydrogen) atoms. The molecule has 7 unspecified atom stereocenters. The number of carbonyl (C=O) groups is 4. The van der Waals surface area contributed by atoms with Crippen molar-refractivity contribution in [1.82, 2.24) is 0 Å². The van der Waals surface area contributed by atoms with E-state index in [1.165, 1.54) is 0 Å². The van der Waals surface area contributed by atoms with Crippen LogP contribution in [0.2, 0.25) is 0 Å². The number of allylic oxidation sites excluding steroid dienone is 4. The minimum Gasteiger partial charge on any atom is -0.458 e. The first kappa shape index (κ1) is 22.1. The summed E-state index contributed by atoms with van der Waals surface area (Å²) < 4.78 is 5.11. The molecular formula is C25H32O6. The van der Waals surface area contributed by atoms with Crippen molar-refractivity contribution in [3.8, 4) is 0 Å². The Morgan fingerprint density at radius 3 is 2.77 bits per heavy atom. The van der Waals surface area contributed by atoms with E-state index in [0.717, 1.165) is 31.3 Å². The number of fused-ring (bicyclic) bond motifs is 5. The highest BCUT2D eigenvalue weighted by Crippen LogP contribution is 2.66. The van der Waals surface area contributed by atoms with Crippen LogP contribution in [0.3, 0.4) is 0 Å². The fourth-order valence-corrected chi connectivity index (χ4v) is 7.36. The molecule has 4 aliphatic rings. The van der Waals surface area contributed by atoms with Crippen LogP contribution in [0.15, 0.2) is 23.8 Å². The Hall–Kier alpha value is -2.08. The maximum absolute atomic E-state index is 13.0. The summed E-state index contributed by atoms with van der Waals surface area (Å²) in [5.74, 6) is -0.157. The SMILES string of the molecule is CC12C=CC(=O)C=C1CCC1C2C(O)CC2(C)C(C(=O)COC(=O)CCC=O)CCC12. The maximum Gasteiger partial charge on any atom is 0.306 e. The Balaban J connectivity index is 1.51. The fourth-order valence-electron chi connectivity index (χ4n) is 7.36. The van der Waals surface area contributed by atoms with Gasteiger partial charge in [0.15, 0.2) is 11.6 Å². The van der Waals surface area contributed by atoms with E-state index in [-0.39, 0.29) is 53.7 Å². The summed E-state index contributed by atoms with van der Waals surface area (Å²) in [6.07, 6.45) is 9.55. The van der Waals surface area contributed by atoms with Crippen LogP contribution in [0.4, 0.5) is 0 Å². The molecule has 0 spiro atoms. The third kappa shape index (κ3) is 3.63. The number of ketones is 2. The van der Waals surface area contributed by atoms with Crippen LogP contribution < -0.4 is 0 Å². The van der Waals surface area contributed by atoms with Crippen LogP contribution in [0.5, 0.6) is 0 Å². The monoisotopic (exact) mass is 428 g/mol. The zero-order valence-electron chi connectivity index (χ0n) is 18.3. The highest BCUT2D eigenvalue weighted by Gasteiger charge is 2.62. The third-order valence-electron chi connectivity index (χ3n) is 8.72. The molecule has 0 bridgehead atoms. The lowest BCUT2D eigenvalue weighted by Crippen LogP contribution is -2.56. The van der Waals surface area contributed by atoms with Crippen LogP contribution in [0.1, 0.15) is 58.8 Å². The molecule has 0 aliphatic heterocycles. The largest absolute Gasteiger partial charge is 0.458 e. The zero-order chi connectivity index (χ0) is 22.4. The van der Waals surface area contributed by atoms with Crippen LogP contribution in [0.25, 0.3) is 0 Å². The van der Waals surface area contributed by atoms with E-state index in [9.17, 15) is 24.3 Å². The number of hydrogen-bond acceptors (Lipinski definition) is 6. The first-order valence-electron chi connectivity index (χ1n) is 11.4.